The average molecular weight is 376 g/mol. The molecule has 0 saturated carbocycles. The summed E-state index contributed by atoms with van der Waals surface area (Å²) >= 11 is 5.96. The number of nitrogens with zero attached hydrogens (tertiary/aromatic N) is 2. The number of amides is 3. The van der Waals surface area contributed by atoms with E-state index in [4.69, 9.17) is 11.6 Å². The van der Waals surface area contributed by atoms with Crippen LogP contribution in [-0.4, -0.2) is 47.9 Å². The highest BCUT2D eigenvalue weighted by molar-refractivity contribution is 6.33. The molecule has 5 nitrogen and oxygen atoms in total. The summed E-state index contributed by atoms with van der Waals surface area (Å²) in [6, 6.07) is 13.6. The van der Waals surface area contributed by atoms with E-state index in [1.54, 1.807) is 4.90 Å². The highest BCUT2D eigenvalue weighted by Crippen LogP contribution is 2.21. The number of carbonyl (C=O) groups excluding carboxylic acids is 2. The van der Waals surface area contributed by atoms with Crippen molar-refractivity contribution >= 4 is 23.5 Å². The molecule has 2 aromatic rings. The van der Waals surface area contributed by atoms with Gasteiger partial charge in [0.15, 0.2) is 0 Å². The molecule has 0 atom stereocenters. The third-order valence-electron chi connectivity index (χ3n) is 4.32. The van der Waals surface area contributed by atoms with Gasteiger partial charge >= 0.3 is 6.03 Å². The Morgan fingerprint density at radius 1 is 0.962 bits per heavy atom. The molecule has 1 aliphatic rings. The summed E-state index contributed by atoms with van der Waals surface area (Å²) in [5.74, 6) is -1.08. The lowest BCUT2D eigenvalue weighted by Crippen LogP contribution is -2.53. The quantitative estimate of drug-likeness (QED) is 0.896. The molecule has 3 amide bonds. The Hall–Kier alpha value is -2.60. The molecular weight excluding hydrogens is 357 g/mol. The number of carbonyl (C=O) groups is 2. The number of halogens is 2. The lowest BCUT2D eigenvalue weighted by Gasteiger charge is -2.35. The van der Waals surface area contributed by atoms with Gasteiger partial charge in [-0.15, -0.1) is 0 Å². The van der Waals surface area contributed by atoms with Gasteiger partial charge in [-0.1, -0.05) is 48.0 Å². The van der Waals surface area contributed by atoms with Crippen LogP contribution in [0.1, 0.15) is 15.9 Å². The fourth-order valence-electron chi connectivity index (χ4n) is 2.86. The lowest BCUT2D eigenvalue weighted by molar-refractivity contribution is 0.0660. The molecule has 0 radical (unpaired) electrons. The molecule has 26 heavy (non-hydrogen) atoms. The van der Waals surface area contributed by atoms with E-state index in [2.05, 4.69) is 5.32 Å². The van der Waals surface area contributed by atoms with E-state index in [0.29, 0.717) is 32.7 Å². The van der Waals surface area contributed by atoms with Gasteiger partial charge in [0.25, 0.3) is 5.91 Å². The van der Waals surface area contributed by atoms with Crippen molar-refractivity contribution in [2.75, 3.05) is 26.2 Å². The first kappa shape index (κ1) is 18.2. The Bertz CT molecular complexity index is 772. The predicted molar refractivity (Wildman–Crippen MR) is 97.6 cm³/mol. The molecule has 0 bridgehead atoms. The number of hydrogen-bond acceptors (Lipinski definition) is 2. The van der Waals surface area contributed by atoms with Crippen LogP contribution < -0.4 is 5.32 Å². The second-order valence-electron chi connectivity index (χ2n) is 6.02. The van der Waals surface area contributed by atoms with Crippen LogP contribution in [0.4, 0.5) is 9.18 Å². The average Bonchev–Trinajstić information content (AvgIpc) is 2.67. The van der Waals surface area contributed by atoms with Crippen LogP contribution in [0.15, 0.2) is 48.5 Å². The van der Waals surface area contributed by atoms with Gasteiger partial charge in [0.1, 0.15) is 5.82 Å². The van der Waals surface area contributed by atoms with E-state index in [-0.39, 0.29) is 16.6 Å². The molecule has 1 heterocycles. The smallest absolute Gasteiger partial charge is 0.317 e. The maximum absolute atomic E-state index is 13.9. The predicted octanol–water partition coefficient (Wildman–Crippen LogP) is 3.15. The summed E-state index contributed by atoms with van der Waals surface area (Å²) < 4.78 is 13.9. The van der Waals surface area contributed by atoms with E-state index in [1.807, 2.05) is 30.3 Å². The van der Waals surface area contributed by atoms with Crippen LogP contribution >= 0.6 is 11.6 Å². The van der Waals surface area contributed by atoms with Crippen molar-refractivity contribution in [3.05, 3.63) is 70.5 Å². The zero-order valence-electron chi connectivity index (χ0n) is 14.1. The molecule has 0 aliphatic carbocycles. The minimum absolute atomic E-state index is 0.0954. The molecule has 7 heteroatoms. The van der Waals surface area contributed by atoms with Crippen LogP contribution in [0.25, 0.3) is 0 Å². The molecule has 0 aromatic heterocycles. The maximum Gasteiger partial charge on any atom is 0.317 e. The fourth-order valence-corrected chi connectivity index (χ4v) is 3.10. The number of benzene rings is 2. The Labute approximate surface area is 156 Å². The summed E-state index contributed by atoms with van der Waals surface area (Å²) in [6.07, 6.45) is 0. The van der Waals surface area contributed by atoms with Crippen molar-refractivity contribution in [1.82, 2.24) is 15.1 Å². The first-order valence-corrected chi connectivity index (χ1v) is 8.74. The molecule has 0 spiro atoms. The normalized spacial score (nSPS) is 14.2. The van der Waals surface area contributed by atoms with Gasteiger partial charge in [0.05, 0.1) is 10.6 Å². The molecule has 1 aliphatic heterocycles. The summed E-state index contributed by atoms with van der Waals surface area (Å²) in [5, 5.41) is 2.96. The van der Waals surface area contributed by atoms with E-state index in [9.17, 15) is 14.0 Å². The summed E-state index contributed by atoms with van der Waals surface area (Å²) in [6.45, 7) is 1.89. The van der Waals surface area contributed by atoms with Gasteiger partial charge in [-0.25, -0.2) is 9.18 Å². The molecular formula is C19H19ClFN3O2. The van der Waals surface area contributed by atoms with Crippen LogP contribution in [0, 0.1) is 5.82 Å². The van der Waals surface area contributed by atoms with E-state index in [0.717, 1.165) is 5.56 Å². The minimum atomic E-state index is -0.634. The zero-order chi connectivity index (χ0) is 18.5. The molecule has 1 fully saturated rings. The summed E-state index contributed by atoms with van der Waals surface area (Å²) in [4.78, 5) is 27.9. The lowest BCUT2D eigenvalue weighted by atomic mass is 10.1. The third-order valence-corrected chi connectivity index (χ3v) is 4.63. The van der Waals surface area contributed by atoms with Gasteiger partial charge in [-0.3, -0.25) is 4.79 Å². The molecule has 3 rings (SSSR count). The highest BCUT2D eigenvalue weighted by atomic mass is 35.5. The Morgan fingerprint density at radius 2 is 1.62 bits per heavy atom. The van der Waals surface area contributed by atoms with Crippen LogP contribution in [0.2, 0.25) is 5.02 Å². The van der Waals surface area contributed by atoms with Gasteiger partial charge in [0, 0.05) is 32.7 Å². The monoisotopic (exact) mass is 375 g/mol. The standard InChI is InChI=1S/C19H19ClFN3O2/c20-15-7-4-8-16(21)17(15)18(25)23-9-11-24(12-10-23)19(26)22-13-14-5-2-1-3-6-14/h1-8H,9-13H2,(H,22,26). The summed E-state index contributed by atoms with van der Waals surface area (Å²) in [5.41, 5.74) is 0.903. The van der Waals surface area contributed by atoms with Gasteiger partial charge < -0.3 is 15.1 Å². The Kier molecular flexibility index (Phi) is 5.73. The molecule has 1 saturated heterocycles. The first-order chi connectivity index (χ1) is 12.6. The number of hydrogen-bond donors (Lipinski definition) is 1. The Morgan fingerprint density at radius 3 is 2.27 bits per heavy atom. The maximum atomic E-state index is 13.9. The number of piperazine rings is 1. The second-order valence-corrected chi connectivity index (χ2v) is 6.43. The molecule has 0 unspecified atom stereocenters. The first-order valence-electron chi connectivity index (χ1n) is 8.36. The molecule has 1 N–H and O–H groups in total. The van der Waals surface area contributed by atoms with Crippen LogP contribution in [0.3, 0.4) is 0 Å². The topological polar surface area (TPSA) is 52.7 Å². The largest absolute Gasteiger partial charge is 0.335 e. The number of urea groups is 1. The van der Waals surface area contributed by atoms with Crippen molar-refractivity contribution in [2.24, 2.45) is 0 Å². The van der Waals surface area contributed by atoms with E-state index < -0.39 is 11.7 Å². The van der Waals surface area contributed by atoms with E-state index >= 15 is 0 Å². The fraction of sp³-hybridized carbons (Fsp3) is 0.263. The van der Waals surface area contributed by atoms with Crippen molar-refractivity contribution < 1.29 is 14.0 Å². The van der Waals surface area contributed by atoms with Gasteiger partial charge in [-0.2, -0.15) is 0 Å². The SMILES string of the molecule is O=C(NCc1ccccc1)N1CCN(C(=O)c2c(F)cccc2Cl)CC1. The minimum Gasteiger partial charge on any atom is -0.335 e. The van der Waals surface area contributed by atoms with Crippen molar-refractivity contribution in [3.63, 3.8) is 0 Å². The van der Waals surface area contributed by atoms with Crippen molar-refractivity contribution in [3.8, 4) is 0 Å². The van der Waals surface area contributed by atoms with E-state index in [1.165, 1.54) is 23.1 Å². The third kappa shape index (κ3) is 4.14. The number of rotatable bonds is 3. The van der Waals surface area contributed by atoms with Gasteiger partial charge in [0.2, 0.25) is 0 Å². The van der Waals surface area contributed by atoms with Crippen LogP contribution in [-0.2, 0) is 6.54 Å². The Balaban J connectivity index is 1.54. The van der Waals surface area contributed by atoms with Crippen LogP contribution in [0.5, 0.6) is 0 Å². The van der Waals surface area contributed by atoms with Gasteiger partial charge in [-0.05, 0) is 17.7 Å². The second kappa shape index (κ2) is 8.19. The van der Waals surface area contributed by atoms with Crippen molar-refractivity contribution in [1.29, 1.82) is 0 Å². The highest BCUT2D eigenvalue weighted by Gasteiger charge is 2.27. The molecule has 136 valence electrons. The zero-order valence-corrected chi connectivity index (χ0v) is 14.9. The summed E-state index contributed by atoms with van der Waals surface area (Å²) in [7, 11) is 0. The number of nitrogens with one attached hydrogen (secondary N) is 1. The molecule has 2 aromatic carbocycles. The van der Waals surface area contributed by atoms with Crippen molar-refractivity contribution in [2.45, 2.75) is 6.54 Å².